The number of hydrogen-bond acceptors (Lipinski definition) is 4. The van der Waals surface area contributed by atoms with E-state index in [4.69, 9.17) is 9.84 Å². The van der Waals surface area contributed by atoms with E-state index in [2.05, 4.69) is 0 Å². The van der Waals surface area contributed by atoms with Gasteiger partial charge in [0, 0.05) is 13.5 Å². The highest BCUT2D eigenvalue weighted by Crippen LogP contribution is 2.04. The Kier molecular flexibility index (Phi) is 7.63. The quantitative estimate of drug-likeness (QED) is 0.452. The van der Waals surface area contributed by atoms with Gasteiger partial charge in [-0.05, 0) is 25.7 Å². The van der Waals surface area contributed by atoms with E-state index in [9.17, 15) is 9.90 Å². The third-order valence-electron chi connectivity index (χ3n) is 1.68. The van der Waals surface area contributed by atoms with Gasteiger partial charge < -0.3 is 14.9 Å². The molecule has 0 bridgehead atoms. The van der Waals surface area contributed by atoms with Crippen LogP contribution in [-0.2, 0) is 9.53 Å². The second-order valence-electron chi connectivity index (χ2n) is 3.00. The first-order valence-electron chi connectivity index (χ1n) is 4.59. The minimum Gasteiger partial charge on any atom is -0.466 e. The molecule has 78 valence electrons. The predicted octanol–water partition coefficient (Wildman–Crippen LogP) is 0.463. The van der Waals surface area contributed by atoms with Gasteiger partial charge in [-0.15, -0.1) is 0 Å². The lowest BCUT2D eigenvalue weighted by Crippen LogP contribution is -2.09. The molecule has 0 saturated carbocycles. The van der Waals surface area contributed by atoms with Crippen molar-refractivity contribution in [1.29, 1.82) is 0 Å². The van der Waals surface area contributed by atoms with Gasteiger partial charge >= 0.3 is 5.97 Å². The fraction of sp³-hybridized carbons (Fsp3) is 0.889. The lowest BCUT2D eigenvalue weighted by Gasteiger charge is -2.08. The molecule has 0 aromatic rings. The van der Waals surface area contributed by atoms with Crippen LogP contribution in [0.2, 0.25) is 0 Å². The van der Waals surface area contributed by atoms with E-state index < -0.39 is 0 Å². The number of aliphatic hydroxyl groups is 2. The van der Waals surface area contributed by atoms with Crippen molar-refractivity contribution in [1.82, 2.24) is 0 Å². The summed E-state index contributed by atoms with van der Waals surface area (Å²) >= 11 is 0. The molecule has 0 amide bonds. The summed E-state index contributed by atoms with van der Waals surface area (Å²) in [5, 5.41) is 17.8. The number of carbonyl (C=O) groups is 1. The van der Waals surface area contributed by atoms with Crippen molar-refractivity contribution in [3.05, 3.63) is 0 Å². The molecular formula is C9H18O4. The molecular weight excluding hydrogens is 172 g/mol. The summed E-state index contributed by atoms with van der Waals surface area (Å²) in [4.78, 5) is 10.3. The number of ether oxygens (including phenoxy) is 1. The van der Waals surface area contributed by atoms with Crippen molar-refractivity contribution in [3.8, 4) is 0 Å². The molecule has 0 spiro atoms. The molecule has 4 nitrogen and oxygen atoms in total. The Hall–Kier alpha value is -0.610. The fourth-order valence-electron chi connectivity index (χ4n) is 1.01. The summed E-state index contributed by atoms with van der Waals surface area (Å²) in [6.45, 7) is 1.84. The van der Waals surface area contributed by atoms with Gasteiger partial charge in [0.05, 0.1) is 12.7 Å². The van der Waals surface area contributed by atoms with E-state index >= 15 is 0 Å². The van der Waals surface area contributed by atoms with Gasteiger partial charge in [0.15, 0.2) is 0 Å². The van der Waals surface area contributed by atoms with E-state index in [0.717, 1.165) is 0 Å². The zero-order valence-corrected chi connectivity index (χ0v) is 8.03. The van der Waals surface area contributed by atoms with Crippen LogP contribution in [0.15, 0.2) is 0 Å². The molecule has 0 aliphatic carbocycles. The molecule has 0 heterocycles. The Morgan fingerprint density at radius 3 is 2.54 bits per heavy atom. The van der Waals surface area contributed by atoms with Crippen molar-refractivity contribution < 1.29 is 19.7 Å². The summed E-state index contributed by atoms with van der Waals surface area (Å²) in [5.74, 6) is -0.287. The van der Waals surface area contributed by atoms with Crippen LogP contribution < -0.4 is 0 Å². The van der Waals surface area contributed by atoms with Gasteiger partial charge in [0.2, 0.25) is 0 Å². The monoisotopic (exact) mass is 190 g/mol. The normalized spacial score (nSPS) is 12.5. The fourth-order valence-corrected chi connectivity index (χ4v) is 1.01. The molecule has 0 aliphatic rings. The van der Waals surface area contributed by atoms with E-state index in [-0.39, 0.29) is 18.7 Å². The highest BCUT2D eigenvalue weighted by Gasteiger charge is 2.03. The Bertz CT molecular complexity index is 136. The van der Waals surface area contributed by atoms with E-state index in [1.165, 1.54) is 6.92 Å². The van der Waals surface area contributed by atoms with Crippen LogP contribution in [0.25, 0.3) is 0 Å². The number of aliphatic hydroxyl groups excluding tert-OH is 2. The zero-order valence-electron chi connectivity index (χ0n) is 8.03. The molecule has 0 radical (unpaired) electrons. The van der Waals surface area contributed by atoms with Crippen LogP contribution in [0.1, 0.15) is 32.6 Å². The van der Waals surface area contributed by atoms with Crippen molar-refractivity contribution >= 4 is 5.97 Å². The molecule has 0 aromatic heterocycles. The SMILES string of the molecule is CC(=O)OCCCC(O)CCCO. The maximum absolute atomic E-state index is 10.3. The molecule has 0 saturated heterocycles. The number of esters is 1. The first-order valence-corrected chi connectivity index (χ1v) is 4.59. The zero-order chi connectivity index (χ0) is 10.1. The maximum Gasteiger partial charge on any atom is 0.302 e. The molecule has 0 fully saturated rings. The van der Waals surface area contributed by atoms with E-state index in [0.29, 0.717) is 32.3 Å². The van der Waals surface area contributed by atoms with Gasteiger partial charge in [-0.2, -0.15) is 0 Å². The van der Waals surface area contributed by atoms with Gasteiger partial charge in [0.25, 0.3) is 0 Å². The Balaban J connectivity index is 3.16. The maximum atomic E-state index is 10.3. The molecule has 2 N–H and O–H groups in total. The summed E-state index contributed by atoms with van der Waals surface area (Å²) in [6, 6.07) is 0. The minimum atomic E-state index is -0.386. The lowest BCUT2D eigenvalue weighted by molar-refractivity contribution is -0.141. The van der Waals surface area contributed by atoms with Crippen molar-refractivity contribution in [2.45, 2.75) is 38.7 Å². The Labute approximate surface area is 78.5 Å². The smallest absolute Gasteiger partial charge is 0.302 e. The minimum absolute atomic E-state index is 0.112. The summed E-state index contributed by atoms with van der Waals surface area (Å²) in [6.07, 6.45) is 2.13. The second kappa shape index (κ2) is 8.01. The standard InChI is InChI=1S/C9H18O4/c1-8(11)13-7-3-5-9(12)4-2-6-10/h9-10,12H,2-7H2,1H3. The van der Waals surface area contributed by atoms with Gasteiger partial charge in [0.1, 0.15) is 0 Å². The molecule has 4 heteroatoms. The van der Waals surface area contributed by atoms with Crippen molar-refractivity contribution in [3.63, 3.8) is 0 Å². The first kappa shape index (κ1) is 12.4. The number of carbonyl (C=O) groups excluding carboxylic acids is 1. The summed E-state index contributed by atoms with van der Waals surface area (Å²) in [5.41, 5.74) is 0. The number of hydrogen-bond donors (Lipinski definition) is 2. The highest BCUT2D eigenvalue weighted by molar-refractivity contribution is 5.65. The van der Waals surface area contributed by atoms with Gasteiger partial charge in [-0.25, -0.2) is 0 Å². The second-order valence-corrected chi connectivity index (χ2v) is 3.00. The Morgan fingerprint density at radius 1 is 1.38 bits per heavy atom. The molecule has 0 aliphatic heterocycles. The number of rotatable bonds is 7. The van der Waals surface area contributed by atoms with Crippen molar-refractivity contribution in [2.24, 2.45) is 0 Å². The average Bonchev–Trinajstić information content (AvgIpc) is 2.08. The van der Waals surface area contributed by atoms with E-state index in [1.54, 1.807) is 0 Å². The molecule has 1 unspecified atom stereocenters. The molecule has 13 heavy (non-hydrogen) atoms. The molecule has 0 aromatic carbocycles. The molecule has 0 rings (SSSR count). The van der Waals surface area contributed by atoms with Crippen LogP contribution in [0.5, 0.6) is 0 Å². The van der Waals surface area contributed by atoms with Crippen LogP contribution in [0.3, 0.4) is 0 Å². The van der Waals surface area contributed by atoms with Crippen LogP contribution >= 0.6 is 0 Å². The van der Waals surface area contributed by atoms with Crippen LogP contribution in [0, 0.1) is 0 Å². The average molecular weight is 190 g/mol. The van der Waals surface area contributed by atoms with Crippen LogP contribution in [-0.4, -0.2) is 35.5 Å². The van der Waals surface area contributed by atoms with Gasteiger partial charge in [-0.1, -0.05) is 0 Å². The lowest BCUT2D eigenvalue weighted by atomic mass is 10.1. The molecule has 1 atom stereocenters. The highest BCUT2D eigenvalue weighted by atomic mass is 16.5. The predicted molar refractivity (Wildman–Crippen MR) is 48.2 cm³/mol. The van der Waals surface area contributed by atoms with Gasteiger partial charge in [-0.3, -0.25) is 4.79 Å². The summed E-state index contributed by atoms with van der Waals surface area (Å²) in [7, 11) is 0. The topological polar surface area (TPSA) is 66.8 Å². The third-order valence-corrected chi connectivity index (χ3v) is 1.68. The Morgan fingerprint density at radius 2 is 2.00 bits per heavy atom. The van der Waals surface area contributed by atoms with Crippen LogP contribution in [0.4, 0.5) is 0 Å². The first-order chi connectivity index (χ1) is 6.16. The largest absolute Gasteiger partial charge is 0.466 e. The van der Waals surface area contributed by atoms with Crippen molar-refractivity contribution in [2.75, 3.05) is 13.2 Å². The summed E-state index contributed by atoms with van der Waals surface area (Å²) < 4.78 is 4.70. The third kappa shape index (κ3) is 9.30. The van der Waals surface area contributed by atoms with E-state index in [1.807, 2.05) is 0 Å².